The second-order valence-corrected chi connectivity index (χ2v) is 4.56. The molecule has 0 spiro atoms. The molecule has 4 heterocycles. The molecule has 23 heavy (non-hydrogen) atoms. The monoisotopic (exact) mass is 305 g/mol. The Labute approximate surface area is 135 Å². The molecular weight excluding hydrogens is 286 g/mol. The fourth-order valence-corrected chi connectivity index (χ4v) is 1.99. The van der Waals surface area contributed by atoms with Gasteiger partial charge in [0.1, 0.15) is 11.6 Å². The summed E-state index contributed by atoms with van der Waals surface area (Å²) in [5.41, 5.74) is 0. The van der Waals surface area contributed by atoms with E-state index in [0.717, 1.165) is 11.6 Å². The molecule has 4 aromatic heterocycles. The van der Waals surface area contributed by atoms with Crippen LogP contribution in [0.15, 0.2) is 97.8 Å². The highest BCUT2D eigenvalue weighted by atomic mass is 15.0. The lowest BCUT2D eigenvalue weighted by Crippen LogP contribution is -1.91. The highest BCUT2D eigenvalue weighted by molar-refractivity contribution is 5.23. The van der Waals surface area contributed by atoms with Crippen molar-refractivity contribution in [3.05, 3.63) is 97.8 Å². The van der Waals surface area contributed by atoms with Crippen LogP contribution in [0.5, 0.6) is 0 Å². The van der Waals surface area contributed by atoms with Gasteiger partial charge in [0, 0.05) is 37.2 Å². The number of nitrogens with zero attached hydrogens (tertiary/aromatic N) is 4. The number of pyridine rings is 2. The van der Waals surface area contributed by atoms with Crippen LogP contribution in [0.25, 0.3) is 11.6 Å². The molecule has 0 amide bonds. The highest BCUT2D eigenvalue weighted by Gasteiger charge is 1.91. The minimum absolute atomic E-state index is 0. The van der Waals surface area contributed by atoms with Crippen LogP contribution in [-0.2, 0) is 0 Å². The summed E-state index contributed by atoms with van der Waals surface area (Å²) in [6.07, 6.45) is 11.5. The van der Waals surface area contributed by atoms with Crippen LogP contribution in [0.2, 0.25) is 0 Å². The molecule has 0 bridgehead atoms. The Kier molecular flexibility index (Phi) is 5.85. The Bertz CT molecular complexity index is 693. The molecule has 5 nitrogen and oxygen atoms in total. The molecule has 0 saturated heterocycles. The van der Waals surface area contributed by atoms with Crippen LogP contribution in [0, 0.1) is 0 Å². The Morgan fingerprint density at radius 3 is 1.22 bits per heavy atom. The number of aromatic nitrogens is 4. The number of hydrogen-bond acceptors (Lipinski definition) is 3. The molecule has 0 radical (unpaired) electrons. The van der Waals surface area contributed by atoms with Gasteiger partial charge in [0.15, 0.2) is 0 Å². The van der Waals surface area contributed by atoms with Crippen molar-refractivity contribution in [3.63, 3.8) is 0 Å². The van der Waals surface area contributed by atoms with Gasteiger partial charge >= 0.3 is 0 Å². The zero-order valence-electron chi connectivity index (χ0n) is 12.7. The van der Waals surface area contributed by atoms with Gasteiger partial charge in [0.25, 0.3) is 0 Å². The predicted molar refractivity (Wildman–Crippen MR) is 92.2 cm³/mol. The van der Waals surface area contributed by atoms with E-state index >= 15 is 0 Å². The Balaban J connectivity index is 0.000000160. The van der Waals surface area contributed by atoms with Gasteiger partial charge in [-0.05, 0) is 48.5 Å². The average molecular weight is 305 g/mol. The van der Waals surface area contributed by atoms with Crippen molar-refractivity contribution >= 4 is 0 Å². The molecule has 5 heteroatoms. The van der Waals surface area contributed by atoms with Gasteiger partial charge in [-0.25, -0.2) is 9.97 Å². The average Bonchev–Trinajstić information content (AvgIpc) is 3.31. The topological polar surface area (TPSA) is 70.6 Å². The van der Waals surface area contributed by atoms with Crippen LogP contribution >= 0.6 is 0 Å². The first-order valence-electron chi connectivity index (χ1n) is 7.02. The molecular formula is C18H19N5. The van der Waals surface area contributed by atoms with Crippen molar-refractivity contribution < 1.29 is 0 Å². The molecule has 0 aliphatic heterocycles. The van der Waals surface area contributed by atoms with Crippen LogP contribution in [0.1, 0.15) is 0 Å². The van der Waals surface area contributed by atoms with Crippen molar-refractivity contribution in [2.75, 3.05) is 0 Å². The summed E-state index contributed by atoms with van der Waals surface area (Å²) in [5, 5.41) is 0. The molecule has 4 aromatic rings. The summed E-state index contributed by atoms with van der Waals surface area (Å²) in [6, 6.07) is 19.6. The molecule has 0 fully saturated rings. The maximum absolute atomic E-state index is 4.18. The summed E-state index contributed by atoms with van der Waals surface area (Å²) >= 11 is 0. The summed E-state index contributed by atoms with van der Waals surface area (Å²) in [4.78, 5) is 8.37. The third kappa shape index (κ3) is 4.39. The van der Waals surface area contributed by atoms with Gasteiger partial charge in [-0.3, -0.25) is 0 Å². The largest absolute Gasteiger partial charge is 0.344 e. The second-order valence-electron chi connectivity index (χ2n) is 4.56. The van der Waals surface area contributed by atoms with Crippen molar-refractivity contribution in [1.29, 1.82) is 0 Å². The SMILES string of the molecule is N.c1ccc(-n2cccc2)nc1.c1ccc(-n2cccc2)nc1. The normalized spacial score (nSPS) is 9.39. The van der Waals surface area contributed by atoms with Crippen LogP contribution < -0.4 is 6.15 Å². The fraction of sp³-hybridized carbons (Fsp3) is 0. The number of hydrogen-bond donors (Lipinski definition) is 1. The van der Waals surface area contributed by atoms with Crippen LogP contribution in [0.3, 0.4) is 0 Å². The molecule has 0 saturated carbocycles. The lowest BCUT2D eigenvalue weighted by Gasteiger charge is -1.98. The van der Waals surface area contributed by atoms with Gasteiger partial charge in [0.05, 0.1) is 0 Å². The third-order valence-electron chi connectivity index (χ3n) is 3.04. The molecule has 0 aliphatic rings. The molecule has 3 N–H and O–H groups in total. The van der Waals surface area contributed by atoms with Gasteiger partial charge in [-0.2, -0.15) is 0 Å². The van der Waals surface area contributed by atoms with E-state index in [2.05, 4.69) is 9.97 Å². The Morgan fingerprint density at radius 1 is 0.522 bits per heavy atom. The van der Waals surface area contributed by atoms with E-state index in [1.165, 1.54) is 0 Å². The van der Waals surface area contributed by atoms with E-state index in [0.29, 0.717) is 0 Å². The lowest BCUT2D eigenvalue weighted by atomic mass is 10.5. The van der Waals surface area contributed by atoms with E-state index in [4.69, 9.17) is 0 Å². The van der Waals surface area contributed by atoms with Crippen molar-refractivity contribution in [2.45, 2.75) is 0 Å². The van der Waals surface area contributed by atoms with Crippen molar-refractivity contribution in [3.8, 4) is 11.6 Å². The molecule has 116 valence electrons. The summed E-state index contributed by atoms with van der Waals surface area (Å²) < 4.78 is 3.94. The van der Waals surface area contributed by atoms with E-state index in [9.17, 15) is 0 Å². The lowest BCUT2D eigenvalue weighted by molar-refractivity contribution is 1.01. The summed E-state index contributed by atoms with van der Waals surface area (Å²) in [7, 11) is 0. The van der Waals surface area contributed by atoms with Gasteiger partial charge in [0.2, 0.25) is 0 Å². The van der Waals surface area contributed by atoms with Gasteiger partial charge < -0.3 is 15.3 Å². The molecule has 0 aromatic carbocycles. The standard InChI is InChI=1S/2C9H8N2.H3N/c2*1-2-6-10-9(5-1)11-7-3-4-8-11;/h2*1-8H;1H3. The van der Waals surface area contributed by atoms with Gasteiger partial charge in [-0.15, -0.1) is 0 Å². The Morgan fingerprint density at radius 2 is 0.913 bits per heavy atom. The molecule has 0 atom stereocenters. The van der Waals surface area contributed by atoms with Crippen LogP contribution in [-0.4, -0.2) is 19.1 Å². The zero-order chi connectivity index (χ0) is 15.0. The first kappa shape index (κ1) is 16.2. The van der Waals surface area contributed by atoms with E-state index in [1.54, 1.807) is 12.4 Å². The zero-order valence-corrected chi connectivity index (χ0v) is 12.7. The quantitative estimate of drug-likeness (QED) is 0.610. The molecule has 4 rings (SSSR count). The van der Waals surface area contributed by atoms with Crippen LogP contribution in [0.4, 0.5) is 0 Å². The number of rotatable bonds is 2. The maximum Gasteiger partial charge on any atom is 0.136 e. The van der Waals surface area contributed by atoms with E-state index in [1.807, 2.05) is 94.6 Å². The Hall–Kier alpha value is -3.18. The third-order valence-corrected chi connectivity index (χ3v) is 3.04. The first-order valence-corrected chi connectivity index (χ1v) is 7.02. The van der Waals surface area contributed by atoms with E-state index in [-0.39, 0.29) is 6.15 Å². The maximum atomic E-state index is 4.18. The molecule has 0 unspecified atom stereocenters. The minimum Gasteiger partial charge on any atom is -0.344 e. The second kappa shape index (κ2) is 8.31. The first-order chi connectivity index (χ1) is 10.9. The molecule has 0 aliphatic carbocycles. The highest BCUT2D eigenvalue weighted by Crippen LogP contribution is 2.02. The fourth-order valence-electron chi connectivity index (χ4n) is 1.99. The van der Waals surface area contributed by atoms with Gasteiger partial charge in [-0.1, -0.05) is 12.1 Å². The van der Waals surface area contributed by atoms with Crippen molar-refractivity contribution in [1.82, 2.24) is 25.3 Å². The smallest absolute Gasteiger partial charge is 0.136 e. The summed E-state index contributed by atoms with van der Waals surface area (Å²) in [6.45, 7) is 0. The predicted octanol–water partition coefficient (Wildman–Crippen LogP) is 3.91. The van der Waals surface area contributed by atoms with E-state index < -0.39 is 0 Å². The van der Waals surface area contributed by atoms with Crippen molar-refractivity contribution in [2.24, 2.45) is 0 Å². The minimum atomic E-state index is 0. The summed E-state index contributed by atoms with van der Waals surface area (Å²) in [5.74, 6) is 1.91.